The Morgan fingerprint density at radius 3 is 1.62 bits per heavy atom. The first-order valence-corrected chi connectivity index (χ1v) is 2.38. The average molecular weight is 120 g/mol. The highest BCUT2D eigenvalue weighted by molar-refractivity contribution is 4.48. The molecule has 0 aliphatic carbocycles. The summed E-state index contributed by atoms with van der Waals surface area (Å²) in [5, 5.41) is 17.1. The van der Waals surface area contributed by atoms with Crippen LogP contribution in [-0.4, -0.2) is 36.0 Å². The fourth-order valence-corrected chi connectivity index (χ4v) is 0.483. The third-order valence-corrected chi connectivity index (χ3v) is 0.862. The SMILES string of the molecule is OC1CO[C@@H](O)CO1. The van der Waals surface area contributed by atoms with Gasteiger partial charge in [-0.05, 0) is 0 Å². The lowest BCUT2D eigenvalue weighted by Crippen LogP contribution is -2.34. The minimum atomic E-state index is -0.863. The lowest BCUT2D eigenvalue weighted by atomic mass is 10.5. The zero-order valence-electron chi connectivity index (χ0n) is 4.28. The number of aliphatic hydroxyl groups is 2. The van der Waals surface area contributed by atoms with Crippen LogP contribution in [-0.2, 0) is 9.47 Å². The normalized spacial score (nSPS) is 39.8. The summed E-state index contributed by atoms with van der Waals surface area (Å²) >= 11 is 0. The van der Waals surface area contributed by atoms with Gasteiger partial charge in [-0.25, -0.2) is 0 Å². The van der Waals surface area contributed by atoms with E-state index in [1.807, 2.05) is 0 Å². The van der Waals surface area contributed by atoms with Crippen molar-refractivity contribution in [2.75, 3.05) is 13.2 Å². The first-order valence-electron chi connectivity index (χ1n) is 2.38. The van der Waals surface area contributed by atoms with E-state index in [0.717, 1.165) is 0 Å². The van der Waals surface area contributed by atoms with Crippen molar-refractivity contribution in [3.8, 4) is 0 Å². The van der Waals surface area contributed by atoms with Gasteiger partial charge in [0.05, 0.1) is 0 Å². The molecule has 4 nitrogen and oxygen atoms in total. The van der Waals surface area contributed by atoms with Crippen molar-refractivity contribution in [2.45, 2.75) is 12.6 Å². The maximum atomic E-state index is 8.57. The molecule has 0 bridgehead atoms. The highest BCUT2D eigenvalue weighted by atomic mass is 16.7. The lowest BCUT2D eigenvalue weighted by molar-refractivity contribution is -0.263. The van der Waals surface area contributed by atoms with Crippen LogP contribution in [0.5, 0.6) is 0 Å². The van der Waals surface area contributed by atoms with E-state index in [1.165, 1.54) is 0 Å². The van der Waals surface area contributed by atoms with E-state index in [2.05, 4.69) is 9.47 Å². The molecule has 8 heavy (non-hydrogen) atoms. The molecule has 1 heterocycles. The largest absolute Gasteiger partial charge is 0.366 e. The van der Waals surface area contributed by atoms with Gasteiger partial charge in [-0.2, -0.15) is 0 Å². The predicted molar refractivity (Wildman–Crippen MR) is 23.9 cm³/mol. The van der Waals surface area contributed by atoms with E-state index >= 15 is 0 Å². The van der Waals surface area contributed by atoms with E-state index in [9.17, 15) is 0 Å². The van der Waals surface area contributed by atoms with E-state index < -0.39 is 12.6 Å². The van der Waals surface area contributed by atoms with E-state index in [4.69, 9.17) is 10.2 Å². The molecule has 0 aromatic carbocycles. The van der Waals surface area contributed by atoms with Crippen molar-refractivity contribution in [3.63, 3.8) is 0 Å². The van der Waals surface area contributed by atoms with Gasteiger partial charge in [0.15, 0.2) is 12.6 Å². The molecule has 1 unspecified atom stereocenters. The number of ether oxygens (including phenoxy) is 2. The van der Waals surface area contributed by atoms with Crippen LogP contribution in [0.25, 0.3) is 0 Å². The van der Waals surface area contributed by atoms with Gasteiger partial charge >= 0.3 is 0 Å². The summed E-state index contributed by atoms with van der Waals surface area (Å²) in [6.07, 6.45) is -1.73. The molecule has 48 valence electrons. The van der Waals surface area contributed by atoms with Gasteiger partial charge in [-0.15, -0.1) is 0 Å². The van der Waals surface area contributed by atoms with Crippen molar-refractivity contribution >= 4 is 0 Å². The van der Waals surface area contributed by atoms with Crippen LogP contribution in [0.2, 0.25) is 0 Å². The molecule has 0 amide bonds. The summed E-state index contributed by atoms with van der Waals surface area (Å²) < 4.78 is 9.14. The Morgan fingerprint density at radius 2 is 1.38 bits per heavy atom. The molecular weight excluding hydrogens is 112 g/mol. The van der Waals surface area contributed by atoms with Crippen LogP contribution >= 0.6 is 0 Å². The van der Waals surface area contributed by atoms with Gasteiger partial charge in [0.2, 0.25) is 0 Å². The zero-order chi connectivity index (χ0) is 5.98. The fourth-order valence-electron chi connectivity index (χ4n) is 0.483. The third kappa shape index (κ3) is 1.41. The van der Waals surface area contributed by atoms with Crippen LogP contribution in [0, 0.1) is 0 Å². The van der Waals surface area contributed by atoms with Crippen molar-refractivity contribution in [2.24, 2.45) is 0 Å². The van der Waals surface area contributed by atoms with E-state index in [-0.39, 0.29) is 13.2 Å². The molecule has 0 saturated carbocycles. The molecule has 1 aliphatic heterocycles. The monoisotopic (exact) mass is 120 g/mol. The molecule has 0 aromatic heterocycles. The van der Waals surface area contributed by atoms with Gasteiger partial charge in [-0.3, -0.25) is 0 Å². The van der Waals surface area contributed by atoms with Crippen molar-refractivity contribution in [1.82, 2.24) is 0 Å². The Morgan fingerprint density at radius 1 is 1.00 bits per heavy atom. The van der Waals surface area contributed by atoms with Gasteiger partial charge in [0, 0.05) is 0 Å². The molecule has 0 radical (unpaired) electrons. The zero-order valence-corrected chi connectivity index (χ0v) is 4.28. The summed E-state index contributed by atoms with van der Waals surface area (Å²) in [6, 6.07) is 0. The number of aliphatic hydroxyl groups excluding tert-OH is 2. The average Bonchev–Trinajstić information content (AvgIpc) is 1.77. The van der Waals surface area contributed by atoms with Gasteiger partial charge in [0.1, 0.15) is 13.2 Å². The smallest absolute Gasteiger partial charge is 0.178 e. The highest BCUT2D eigenvalue weighted by Gasteiger charge is 2.16. The summed E-state index contributed by atoms with van der Waals surface area (Å²) in [4.78, 5) is 0. The van der Waals surface area contributed by atoms with Crippen LogP contribution < -0.4 is 0 Å². The first kappa shape index (κ1) is 5.97. The molecule has 1 saturated heterocycles. The summed E-state index contributed by atoms with van der Waals surface area (Å²) in [7, 11) is 0. The van der Waals surface area contributed by atoms with E-state index in [1.54, 1.807) is 0 Å². The second kappa shape index (κ2) is 2.41. The van der Waals surface area contributed by atoms with Gasteiger partial charge in [0.25, 0.3) is 0 Å². The minimum absolute atomic E-state index is 0.0567. The number of rotatable bonds is 0. The van der Waals surface area contributed by atoms with Crippen molar-refractivity contribution < 1.29 is 19.7 Å². The van der Waals surface area contributed by atoms with Crippen LogP contribution in [0.4, 0.5) is 0 Å². The van der Waals surface area contributed by atoms with Gasteiger partial charge < -0.3 is 19.7 Å². The van der Waals surface area contributed by atoms with E-state index in [0.29, 0.717) is 0 Å². The quantitative estimate of drug-likeness (QED) is 0.416. The Bertz CT molecular complexity index is 56.4. The Balaban J connectivity index is 2.19. The Hall–Kier alpha value is -0.160. The van der Waals surface area contributed by atoms with Crippen LogP contribution in [0.1, 0.15) is 0 Å². The summed E-state index contributed by atoms with van der Waals surface area (Å²) in [6.45, 7) is 0.113. The van der Waals surface area contributed by atoms with Crippen molar-refractivity contribution in [1.29, 1.82) is 0 Å². The number of hydrogen-bond acceptors (Lipinski definition) is 4. The Labute approximate surface area is 46.6 Å². The predicted octanol–water partition coefficient (Wildman–Crippen LogP) is -1.33. The highest BCUT2D eigenvalue weighted by Crippen LogP contribution is 2.00. The second-order valence-electron chi connectivity index (χ2n) is 1.58. The molecule has 1 rings (SSSR count). The maximum Gasteiger partial charge on any atom is 0.178 e. The maximum absolute atomic E-state index is 8.57. The molecule has 0 aromatic rings. The lowest BCUT2D eigenvalue weighted by Gasteiger charge is -2.22. The molecular formula is C4H8O4. The van der Waals surface area contributed by atoms with Gasteiger partial charge in [-0.1, -0.05) is 0 Å². The minimum Gasteiger partial charge on any atom is -0.366 e. The van der Waals surface area contributed by atoms with Crippen molar-refractivity contribution in [3.05, 3.63) is 0 Å². The summed E-state index contributed by atoms with van der Waals surface area (Å²) in [5.41, 5.74) is 0. The first-order chi connectivity index (χ1) is 3.79. The molecule has 4 heteroatoms. The molecule has 2 N–H and O–H groups in total. The fraction of sp³-hybridized carbons (Fsp3) is 1.00. The molecule has 0 spiro atoms. The standard InChI is InChI=1S/C4H8O4/c5-3-1-7-4(6)2-8-3/h3-6H,1-2H2/t3-,4?/m1/s1. The molecule has 1 fully saturated rings. The number of hydrogen-bond donors (Lipinski definition) is 2. The van der Waals surface area contributed by atoms with Crippen LogP contribution in [0.3, 0.4) is 0 Å². The Kier molecular flexibility index (Phi) is 1.80. The third-order valence-electron chi connectivity index (χ3n) is 0.862. The second-order valence-corrected chi connectivity index (χ2v) is 1.58. The molecule has 1 aliphatic rings. The summed E-state index contributed by atoms with van der Waals surface area (Å²) in [5.74, 6) is 0. The topological polar surface area (TPSA) is 58.9 Å². The van der Waals surface area contributed by atoms with Crippen LogP contribution in [0.15, 0.2) is 0 Å². The molecule has 2 atom stereocenters.